The van der Waals surface area contributed by atoms with Gasteiger partial charge in [-0.3, -0.25) is 4.79 Å². The topological polar surface area (TPSA) is 97.3 Å². The van der Waals surface area contributed by atoms with Gasteiger partial charge in [-0.15, -0.1) is 0 Å². The number of alkyl halides is 3. The normalized spacial score (nSPS) is 15.1. The lowest BCUT2D eigenvalue weighted by atomic mass is 10.1. The molecule has 3 rings (SSSR count). The van der Waals surface area contributed by atoms with E-state index in [1.165, 1.54) is 7.11 Å². The summed E-state index contributed by atoms with van der Waals surface area (Å²) in [5, 5.41) is 6.53. The number of sulfonamides is 1. The Hall–Kier alpha value is -3.12. The number of oxime groups is 1. The van der Waals surface area contributed by atoms with Crippen molar-refractivity contribution in [3.63, 3.8) is 0 Å². The fraction of sp³-hybridized carbons (Fsp3) is 0.333. The molecule has 0 aromatic heterocycles. The number of amides is 1. The molecule has 2 aromatic carbocycles. The summed E-state index contributed by atoms with van der Waals surface area (Å²) in [5.41, 5.74) is 0.0945. The second-order valence-electron chi connectivity index (χ2n) is 7.14. The maximum atomic E-state index is 12.9. The van der Waals surface area contributed by atoms with E-state index in [0.717, 1.165) is 22.5 Å². The van der Waals surface area contributed by atoms with Gasteiger partial charge in [0.25, 0.3) is 5.91 Å². The Labute approximate surface area is 189 Å². The Morgan fingerprint density at radius 3 is 2.39 bits per heavy atom. The van der Waals surface area contributed by atoms with E-state index < -0.39 is 32.6 Å². The maximum absolute atomic E-state index is 12.9. The molecule has 33 heavy (non-hydrogen) atoms. The first kappa shape index (κ1) is 24.5. The number of nitrogens with zero attached hydrogens (tertiary/aromatic N) is 2. The molecule has 2 aromatic rings. The number of carbonyl (C=O) groups is 1. The Morgan fingerprint density at radius 2 is 1.79 bits per heavy atom. The first-order chi connectivity index (χ1) is 15.6. The van der Waals surface area contributed by atoms with E-state index in [4.69, 9.17) is 9.57 Å². The van der Waals surface area contributed by atoms with E-state index in [1.54, 1.807) is 24.3 Å². The summed E-state index contributed by atoms with van der Waals surface area (Å²) in [7, 11) is -2.54. The van der Waals surface area contributed by atoms with Crippen LogP contribution in [0.2, 0.25) is 0 Å². The number of hydrogen-bond acceptors (Lipinski definition) is 6. The van der Waals surface area contributed by atoms with E-state index in [2.05, 4.69) is 10.5 Å². The molecule has 1 fully saturated rings. The standard InChI is InChI=1S/C21H22F3N3O5S/c1-31-18-7-5-16(6-8-18)25-20(28)14-32-26-17-9-11-27(12-10-17)33(29,30)19-4-2-3-15(13-19)21(22,23)24/h2-8,13H,9-12,14H2,1H3,(H,25,28). The van der Waals surface area contributed by atoms with Crippen LogP contribution in [0.25, 0.3) is 0 Å². The minimum Gasteiger partial charge on any atom is -0.497 e. The van der Waals surface area contributed by atoms with E-state index in [-0.39, 0.29) is 32.5 Å². The molecular weight excluding hydrogens is 463 g/mol. The Kier molecular flexibility index (Phi) is 7.59. The molecule has 8 nitrogen and oxygen atoms in total. The van der Waals surface area contributed by atoms with Gasteiger partial charge >= 0.3 is 6.18 Å². The van der Waals surface area contributed by atoms with Gasteiger partial charge in [0.2, 0.25) is 10.0 Å². The summed E-state index contributed by atoms with van der Waals surface area (Å²) in [6, 6.07) is 10.4. The third-order valence-electron chi connectivity index (χ3n) is 4.86. The van der Waals surface area contributed by atoms with E-state index in [1.807, 2.05) is 0 Å². The monoisotopic (exact) mass is 485 g/mol. The first-order valence-corrected chi connectivity index (χ1v) is 11.3. The highest BCUT2D eigenvalue weighted by atomic mass is 32.2. The molecule has 0 saturated carbocycles. The van der Waals surface area contributed by atoms with Gasteiger partial charge in [-0.1, -0.05) is 11.2 Å². The van der Waals surface area contributed by atoms with Crippen LogP contribution in [0.15, 0.2) is 58.6 Å². The number of halogens is 3. The number of rotatable bonds is 7. The zero-order valence-corrected chi connectivity index (χ0v) is 18.4. The lowest BCUT2D eigenvalue weighted by Gasteiger charge is -2.26. The van der Waals surface area contributed by atoms with Crippen molar-refractivity contribution in [2.45, 2.75) is 23.9 Å². The fourth-order valence-corrected chi connectivity index (χ4v) is 4.60. The largest absolute Gasteiger partial charge is 0.497 e. The van der Waals surface area contributed by atoms with Gasteiger partial charge < -0.3 is 14.9 Å². The van der Waals surface area contributed by atoms with Crippen LogP contribution in [0.1, 0.15) is 18.4 Å². The van der Waals surface area contributed by atoms with E-state index in [9.17, 15) is 26.4 Å². The van der Waals surface area contributed by atoms with Gasteiger partial charge in [0.15, 0.2) is 6.61 Å². The zero-order chi connectivity index (χ0) is 24.1. The van der Waals surface area contributed by atoms with Crippen molar-refractivity contribution in [2.24, 2.45) is 5.16 Å². The summed E-state index contributed by atoms with van der Waals surface area (Å²) in [5.74, 6) is 0.228. The number of methoxy groups -OCH3 is 1. The predicted octanol–water partition coefficient (Wildman–Crippen LogP) is 3.51. The van der Waals surface area contributed by atoms with E-state index >= 15 is 0 Å². The van der Waals surface area contributed by atoms with Gasteiger partial charge in [-0.05, 0) is 42.5 Å². The van der Waals surface area contributed by atoms with E-state index in [0.29, 0.717) is 23.2 Å². The first-order valence-electron chi connectivity index (χ1n) is 9.88. The Morgan fingerprint density at radius 1 is 1.12 bits per heavy atom. The molecule has 1 N–H and O–H groups in total. The van der Waals surface area contributed by atoms with Crippen LogP contribution in [0, 0.1) is 0 Å². The lowest BCUT2D eigenvalue weighted by Crippen LogP contribution is -2.38. The molecule has 12 heteroatoms. The molecule has 0 atom stereocenters. The highest BCUT2D eigenvalue weighted by molar-refractivity contribution is 7.89. The molecule has 0 unspecified atom stereocenters. The number of piperidine rings is 1. The van der Waals surface area contributed by atoms with Gasteiger partial charge in [-0.25, -0.2) is 8.42 Å². The SMILES string of the molecule is COc1ccc(NC(=O)CON=C2CCN(S(=O)(=O)c3cccc(C(F)(F)F)c3)CC2)cc1. The third kappa shape index (κ3) is 6.45. The Balaban J connectivity index is 1.51. The number of hydrogen-bond donors (Lipinski definition) is 1. The van der Waals surface area contributed by atoms with Crippen LogP contribution in [-0.2, 0) is 25.8 Å². The molecular formula is C21H22F3N3O5S. The van der Waals surface area contributed by atoms with Crippen molar-refractivity contribution in [1.82, 2.24) is 4.31 Å². The van der Waals surface area contributed by atoms with Crippen molar-refractivity contribution < 1.29 is 36.0 Å². The second kappa shape index (κ2) is 10.2. The molecule has 1 aliphatic heterocycles. The van der Waals surface area contributed by atoms with Gasteiger partial charge in [0.1, 0.15) is 5.75 Å². The molecule has 1 saturated heterocycles. The van der Waals surface area contributed by atoms with Crippen LogP contribution < -0.4 is 10.1 Å². The van der Waals surface area contributed by atoms with Crippen LogP contribution in [0.4, 0.5) is 18.9 Å². The summed E-state index contributed by atoms with van der Waals surface area (Å²) in [6.45, 7) is -0.251. The van der Waals surface area contributed by atoms with Gasteiger partial charge in [-0.2, -0.15) is 17.5 Å². The minimum absolute atomic E-state index is 0.0405. The van der Waals surface area contributed by atoms with Crippen molar-refractivity contribution in [3.8, 4) is 5.75 Å². The Bertz CT molecular complexity index is 1110. The number of anilines is 1. The van der Waals surface area contributed by atoms with Gasteiger partial charge in [0.05, 0.1) is 23.3 Å². The third-order valence-corrected chi connectivity index (χ3v) is 6.76. The van der Waals surface area contributed by atoms with Crippen LogP contribution in [0.3, 0.4) is 0 Å². The van der Waals surface area contributed by atoms with Crippen LogP contribution in [-0.4, -0.2) is 51.1 Å². The smallest absolute Gasteiger partial charge is 0.416 e. The van der Waals surface area contributed by atoms with Crippen molar-refractivity contribution in [3.05, 3.63) is 54.1 Å². The molecule has 0 radical (unpaired) electrons. The van der Waals surface area contributed by atoms with Crippen molar-refractivity contribution in [1.29, 1.82) is 0 Å². The number of carbonyl (C=O) groups excluding carboxylic acids is 1. The number of nitrogens with one attached hydrogen (secondary N) is 1. The molecule has 0 aliphatic carbocycles. The number of benzene rings is 2. The highest BCUT2D eigenvalue weighted by Crippen LogP contribution is 2.31. The highest BCUT2D eigenvalue weighted by Gasteiger charge is 2.33. The average Bonchev–Trinajstić information content (AvgIpc) is 2.79. The van der Waals surface area contributed by atoms with Crippen molar-refractivity contribution >= 4 is 27.3 Å². The predicted molar refractivity (Wildman–Crippen MR) is 114 cm³/mol. The summed E-state index contributed by atoms with van der Waals surface area (Å²) < 4.78 is 70.3. The number of ether oxygens (including phenoxy) is 1. The average molecular weight is 485 g/mol. The minimum atomic E-state index is -4.63. The van der Waals surface area contributed by atoms with Crippen molar-refractivity contribution in [2.75, 3.05) is 32.1 Å². The second-order valence-corrected chi connectivity index (χ2v) is 9.08. The molecule has 1 aliphatic rings. The van der Waals surface area contributed by atoms with Crippen LogP contribution in [0.5, 0.6) is 5.75 Å². The molecule has 1 heterocycles. The van der Waals surface area contributed by atoms with Crippen LogP contribution >= 0.6 is 0 Å². The molecule has 178 valence electrons. The zero-order valence-electron chi connectivity index (χ0n) is 17.6. The van der Waals surface area contributed by atoms with Gasteiger partial charge in [0, 0.05) is 31.6 Å². The molecule has 0 bridgehead atoms. The maximum Gasteiger partial charge on any atom is 0.416 e. The molecule has 0 spiro atoms. The summed E-state index contributed by atoms with van der Waals surface area (Å²) in [6.07, 6.45) is -4.17. The fourth-order valence-electron chi connectivity index (χ4n) is 3.11. The lowest BCUT2D eigenvalue weighted by molar-refractivity contribution is -0.137. The quantitative estimate of drug-likeness (QED) is 0.606. The summed E-state index contributed by atoms with van der Waals surface area (Å²) in [4.78, 5) is 16.6. The summed E-state index contributed by atoms with van der Waals surface area (Å²) >= 11 is 0. The molecule has 1 amide bonds.